The van der Waals surface area contributed by atoms with E-state index < -0.39 is 0 Å². The van der Waals surface area contributed by atoms with E-state index in [2.05, 4.69) is 50.2 Å². The van der Waals surface area contributed by atoms with Gasteiger partial charge in [-0.3, -0.25) is 20.4 Å². The summed E-state index contributed by atoms with van der Waals surface area (Å²) in [6.45, 7) is 4.46. The van der Waals surface area contributed by atoms with Gasteiger partial charge in [0.15, 0.2) is 0 Å². The number of hydrogen-bond acceptors (Lipinski definition) is 7. The Labute approximate surface area is 265 Å². The molecule has 0 fully saturated rings. The van der Waals surface area contributed by atoms with Gasteiger partial charge in [-0.1, -0.05) is 86.7 Å². The van der Waals surface area contributed by atoms with Gasteiger partial charge < -0.3 is 4.18 Å². The fourth-order valence-corrected chi connectivity index (χ4v) is 7.20. The normalized spacial score (nSPS) is 15.1. The van der Waals surface area contributed by atoms with Gasteiger partial charge in [-0.05, 0) is 65.1 Å². The number of allylic oxidation sites excluding steroid dienone is 2. The van der Waals surface area contributed by atoms with Crippen molar-refractivity contribution in [2.75, 3.05) is 0 Å². The van der Waals surface area contributed by atoms with E-state index in [1.54, 1.807) is 36.0 Å². The average molecular weight is 615 g/mol. The van der Waals surface area contributed by atoms with Crippen molar-refractivity contribution in [3.63, 3.8) is 0 Å². The third kappa shape index (κ3) is 5.61. The van der Waals surface area contributed by atoms with E-state index in [0.29, 0.717) is 11.1 Å². The van der Waals surface area contributed by atoms with Gasteiger partial charge in [0.2, 0.25) is 11.6 Å². The average Bonchev–Trinajstić information content (AvgIpc) is 3.06. The first-order valence-electron chi connectivity index (χ1n) is 14.3. The SMILES string of the molecule is CCC(C)(c1ccc(CSc2cccc3c2C=CC(=N)C3=O)cc1)c1ccc(OSc2cccc3c2C=CC(=N)C3=O)cc1. The van der Waals surface area contributed by atoms with Gasteiger partial charge in [-0.2, -0.15) is 0 Å². The molecular weight excluding hydrogens is 585 g/mol. The molecule has 2 aliphatic rings. The highest BCUT2D eigenvalue weighted by Crippen LogP contribution is 2.38. The summed E-state index contributed by atoms with van der Waals surface area (Å²) >= 11 is 2.91. The second kappa shape index (κ2) is 12.3. The summed E-state index contributed by atoms with van der Waals surface area (Å²) in [4.78, 5) is 26.6. The molecule has 218 valence electrons. The van der Waals surface area contributed by atoms with Crippen molar-refractivity contribution in [2.24, 2.45) is 0 Å². The largest absolute Gasteiger partial charge is 0.421 e. The number of Topliss-reactive ketones (excluding diaryl/α,β-unsaturated/α-hetero) is 2. The van der Waals surface area contributed by atoms with Crippen LogP contribution >= 0.6 is 23.8 Å². The highest BCUT2D eigenvalue weighted by atomic mass is 32.2. The van der Waals surface area contributed by atoms with Crippen LogP contribution in [0.1, 0.15) is 68.8 Å². The number of ketones is 2. The van der Waals surface area contributed by atoms with Gasteiger partial charge in [-0.15, -0.1) is 11.8 Å². The molecule has 4 aromatic carbocycles. The molecular formula is C37H30N2O3S2. The number of rotatable bonds is 9. The van der Waals surface area contributed by atoms with Crippen molar-refractivity contribution >= 4 is 58.9 Å². The number of carbonyl (C=O) groups is 2. The van der Waals surface area contributed by atoms with Crippen LogP contribution in [0.2, 0.25) is 0 Å². The molecule has 6 rings (SSSR count). The first kappa shape index (κ1) is 29.6. The molecule has 2 aliphatic carbocycles. The van der Waals surface area contributed by atoms with Crippen molar-refractivity contribution in [2.45, 2.75) is 41.2 Å². The van der Waals surface area contributed by atoms with Crippen LogP contribution in [0.25, 0.3) is 12.2 Å². The van der Waals surface area contributed by atoms with E-state index in [1.807, 2.05) is 42.5 Å². The van der Waals surface area contributed by atoms with Crippen LogP contribution in [0.15, 0.2) is 107 Å². The summed E-state index contributed by atoms with van der Waals surface area (Å²) in [7, 11) is 0. The predicted molar refractivity (Wildman–Crippen MR) is 181 cm³/mol. The Balaban J connectivity index is 1.13. The topological polar surface area (TPSA) is 91.1 Å². The van der Waals surface area contributed by atoms with E-state index in [9.17, 15) is 9.59 Å². The standard InChI is InChI=1S/C37H30N2O3S2/c1-3-37(2,24-12-10-23(11-13-24)22-43-33-8-4-6-29-27(33)18-20-31(38)35(29)40)25-14-16-26(17-15-25)42-44-34-9-5-7-30-28(34)19-21-32(39)36(30)41/h4-21,38-39H,3,22H2,1-2H3. The molecule has 1 unspecified atom stereocenters. The quantitative estimate of drug-likeness (QED) is 0.145. The molecule has 44 heavy (non-hydrogen) atoms. The number of fused-ring (bicyclic) bond motifs is 2. The van der Waals surface area contributed by atoms with Crippen molar-refractivity contribution in [1.82, 2.24) is 0 Å². The summed E-state index contributed by atoms with van der Waals surface area (Å²) in [6.07, 6.45) is 7.70. The molecule has 0 radical (unpaired) electrons. The highest BCUT2D eigenvalue weighted by Gasteiger charge is 2.27. The zero-order chi connectivity index (χ0) is 30.8. The monoisotopic (exact) mass is 614 g/mol. The molecule has 5 nitrogen and oxygen atoms in total. The molecule has 0 saturated carbocycles. The third-order valence-electron chi connectivity index (χ3n) is 8.36. The molecule has 0 saturated heterocycles. The van der Waals surface area contributed by atoms with Gasteiger partial charge in [0.05, 0.1) is 16.9 Å². The van der Waals surface area contributed by atoms with Crippen molar-refractivity contribution in [3.8, 4) is 5.75 Å². The molecule has 7 heteroatoms. The van der Waals surface area contributed by atoms with E-state index in [0.717, 1.165) is 38.8 Å². The number of thioether (sulfide) groups is 1. The van der Waals surface area contributed by atoms with E-state index in [-0.39, 0.29) is 28.4 Å². The lowest BCUT2D eigenvalue weighted by Gasteiger charge is -2.30. The van der Waals surface area contributed by atoms with Crippen LogP contribution < -0.4 is 4.18 Å². The van der Waals surface area contributed by atoms with Crippen LogP contribution in [-0.2, 0) is 11.2 Å². The molecule has 2 N–H and O–H groups in total. The Kier molecular flexibility index (Phi) is 8.25. The molecule has 0 amide bonds. The summed E-state index contributed by atoms with van der Waals surface area (Å²) < 4.78 is 6.03. The van der Waals surface area contributed by atoms with E-state index in [4.69, 9.17) is 15.0 Å². The molecule has 1 atom stereocenters. The lowest BCUT2D eigenvalue weighted by molar-refractivity contribution is 0.105. The Morgan fingerprint density at radius 3 is 1.77 bits per heavy atom. The Bertz CT molecular complexity index is 1740. The number of nitrogens with one attached hydrogen (secondary N) is 2. The van der Waals surface area contributed by atoms with Crippen LogP contribution in [0, 0.1) is 10.8 Å². The first-order valence-corrected chi connectivity index (χ1v) is 16.1. The van der Waals surface area contributed by atoms with Gasteiger partial charge in [-0.25, -0.2) is 0 Å². The van der Waals surface area contributed by atoms with E-state index in [1.165, 1.54) is 34.8 Å². The lowest BCUT2D eigenvalue weighted by atomic mass is 9.74. The maximum Gasteiger partial charge on any atom is 0.211 e. The molecule has 0 aromatic heterocycles. The fourth-order valence-electron chi connectivity index (χ4n) is 5.48. The van der Waals surface area contributed by atoms with Crippen molar-refractivity contribution < 1.29 is 13.8 Å². The van der Waals surface area contributed by atoms with Crippen LogP contribution in [0.3, 0.4) is 0 Å². The predicted octanol–water partition coefficient (Wildman–Crippen LogP) is 9.24. The zero-order valence-electron chi connectivity index (χ0n) is 24.3. The van der Waals surface area contributed by atoms with Crippen molar-refractivity contribution in [1.29, 1.82) is 10.8 Å². The highest BCUT2D eigenvalue weighted by molar-refractivity contribution is 7.98. The minimum atomic E-state index is -0.271. The number of carbonyl (C=O) groups excluding carboxylic acids is 2. The summed E-state index contributed by atoms with van der Waals surface area (Å²) in [5, 5.41) is 15.6. The molecule has 0 spiro atoms. The molecule has 4 aromatic rings. The smallest absolute Gasteiger partial charge is 0.211 e. The van der Waals surface area contributed by atoms with Crippen LogP contribution in [0.5, 0.6) is 5.75 Å². The fraction of sp³-hybridized carbons (Fsp3) is 0.135. The number of hydrogen-bond donors (Lipinski definition) is 2. The summed E-state index contributed by atoms with van der Waals surface area (Å²) in [6, 6.07) is 28.1. The second-order valence-electron chi connectivity index (χ2n) is 10.9. The molecule has 0 bridgehead atoms. The minimum absolute atomic E-state index is 0.00568. The Morgan fingerprint density at radius 2 is 1.20 bits per heavy atom. The summed E-state index contributed by atoms with van der Waals surface area (Å²) in [5.74, 6) is 1.00. The number of benzene rings is 4. The third-order valence-corrected chi connectivity index (χ3v) is 10.3. The molecule has 0 aliphatic heterocycles. The first-order chi connectivity index (χ1) is 21.3. The van der Waals surface area contributed by atoms with Gasteiger partial charge in [0, 0.05) is 32.8 Å². The van der Waals surface area contributed by atoms with Gasteiger partial charge in [0.1, 0.15) is 17.2 Å². The van der Waals surface area contributed by atoms with Gasteiger partial charge in [0.25, 0.3) is 0 Å². The van der Waals surface area contributed by atoms with E-state index >= 15 is 0 Å². The molecule has 0 heterocycles. The summed E-state index contributed by atoms with van der Waals surface area (Å²) in [5.41, 5.74) is 6.28. The zero-order valence-corrected chi connectivity index (χ0v) is 26.0. The lowest BCUT2D eigenvalue weighted by Crippen LogP contribution is -2.22. The van der Waals surface area contributed by atoms with Crippen LogP contribution in [0.4, 0.5) is 0 Å². The van der Waals surface area contributed by atoms with Gasteiger partial charge >= 0.3 is 0 Å². The second-order valence-corrected chi connectivity index (χ2v) is 12.7. The van der Waals surface area contributed by atoms with Crippen LogP contribution in [-0.4, -0.2) is 23.0 Å². The Hall–Kier alpha value is -4.46. The Morgan fingerprint density at radius 1 is 0.682 bits per heavy atom. The maximum atomic E-state index is 12.4. The maximum absolute atomic E-state index is 12.4. The minimum Gasteiger partial charge on any atom is -0.421 e. The van der Waals surface area contributed by atoms with Crippen molar-refractivity contribution in [3.05, 3.63) is 136 Å².